The molecule has 70 valence electrons. The zero-order chi connectivity index (χ0) is 8.97. The Labute approximate surface area is 77.3 Å². The van der Waals surface area contributed by atoms with Crippen molar-refractivity contribution in [2.75, 3.05) is 5.75 Å². The molecule has 1 aliphatic carbocycles. The molecule has 2 unspecified atom stereocenters. The Balaban J connectivity index is 2.18. The van der Waals surface area contributed by atoms with Gasteiger partial charge in [-0.1, -0.05) is 6.42 Å². The summed E-state index contributed by atoms with van der Waals surface area (Å²) in [6, 6.07) is 0.337. The first-order valence-corrected chi connectivity index (χ1v) is 5.39. The van der Waals surface area contributed by atoms with Crippen LogP contribution in [0.1, 0.15) is 25.7 Å². The Kier molecular flexibility index (Phi) is 3.88. The monoisotopic (exact) mass is 188 g/mol. The van der Waals surface area contributed by atoms with Crippen LogP contribution >= 0.6 is 11.8 Å². The third kappa shape index (κ3) is 3.45. The fraction of sp³-hybridized carbons (Fsp3) is 0.875. The van der Waals surface area contributed by atoms with E-state index in [1.54, 1.807) is 11.8 Å². The first kappa shape index (κ1) is 9.86. The summed E-state index contributed by atoms with van der Waals surface area (Å²) in [4.78, 5) is 10.5. The van der Waals surface area contributed by atoms with Gasteiger partial charge in [-0.25, -0.2) is 0 Å². The van der Waals surface area contributed by atoms with E-state index in [4.69, 9.17) is 11.5 Å². The Bertz CT molecular complexity index is 163. The van der Waals surface area contributed by atoms with Gasteiger partial charge in [0.25, 0.3) is 0 Å². The van der Waals surface area contributed by atoms with Crippen LogP contribution in [-0.2, 0) is 4.79 Å². The maximum atomic E-state index is 10.5. The third-order valence-electron chi connectivity index (χ3n) is 2.13. The number of thioether (sulfide) groups is 1. The molecule has 1 saturated carbocycles. The number of nitrogens with two attached hydrogens (primary N) is 2. The number of carbonyl (C=O) groups is 1. The summed E-state index contributed by atoms with van der Waals surface area (Å²) in [7, 11) is 0. The largest absolute Gasteiger partial charge is 0.369 e. The highest BCUT2D eigenvalue weighted by Gasteiger charge is 2.19. The number of carbonyl (C=O) groups excluding carboxylic acids is 1. The molecule has 0 saturated heterocycles. The highest BCUT2D eigenvalue weighted by molar-refractivity contribution is 8.00. The number of hydrogen-bond donors (Lipinski definition) is 2. The first-order valence-electron chi connectivity index (χ1n) is 4.34. The second kappa shape index (κ2) is 4.72. The molecular weight excluding hydrogens is 172 g/mol. The molecule has 0 aliphatic heterocycles. The summed E-state index contributed by atoms with van der Waals surface area (Å²) in [6.45, 7) is 0. The van der Waals surface area contributed by atoms with Crippen molar-refractivity contribution in [3.05, 3.63) is 0 Å². The van der Waals surface area contributed by atoms with Gasteiger partial charge in [0.05, 0.1) is 5.75 Å². The van der Waals surface area contributed by atoms with Crippen LogP contribution < -0.4 is 11.5 Å². The summed E-state index contributed by atoms with van der Waals surface area (Å²) in [5.74, 6) is 0.219. The molecule has 0 spiro atoms. The molecule has 1 aliphatic rings. The smallest absolute Gasteiger partial charge is 0.227 e. The number of rotatable bonds is 3. The van der Waals surface area contributed by atoms with Gasteiger partial charge in [-0.3, -0.25) is 4.79 Å². The van der Waals surface area contributed by atoms with E-state index in [0.29, 0.717) is 17.0 Å². The van der Waals surface area contributed by atoms with Gasteiger partial charge in [0.15, 0.2) is 0 Å². The van der Waals surface area contributed by atoms with E-state index in [0.717, 1.165) is 12.8 Å². The van der Waals surface area contributed by atoms with Crippen molar-refractivity contribution in [2.24, 2.45) is 11.5 Å². The summed E-state index contributed by atoms with van der Waals surface area (Å²) >= 11 is 1.65. The van der Waals surface area contributed by atoms with Gasteiger partial charge in [0.1, 0.15) is 0 Å². The highest BCUT2D eigenvalue weighted by Crippen LogP contribution is 2.27. The summed E-state index contributed by atoms with van der Waals surface area (Å²) in [5.41, 5.74) is 10.9. The lowest BCUT2D eigenvalue weighted by molar-refractivity contribution is -0.115. The van der Waals surface area contributed by atoms with Crippen LogP contribution in [0.5, 0.6) is 0 Å². The molecule has 2 atom stereocenters. The minimum absolute atomic E-state index is 0.223. The van der Waals surface area contributed by atoms with E-state index < -0.39 is 0 Å². The molecule has 0 bridgehead atoms. The maximum absolute atomic E-state index is 10.5. The van der Waals surface area contributed by atoms with Gasteiger partial charge in [-0.2, -0.15) is 0 Å². The van der Waals surface area contributed by atoms with Gasteiger partial charge in [-0.05, 0) is 19.3 Å². The SMILES string of the molecule is NC(=O)CSC1CCCC(N)C1. The third-order valence-corrected chi connectivity index (χ3v) is 3.48. The Morgan fingerprint density at radius 3 is 2.83 bits per heavy atom. The fourth-order valence-corrected chi connectivity index (χ4v) is 2.65. The van der Waals surface area contributed by atoms with E-state index >= 15 is 0 Å². The summed E-state index contributed by atoms with van der Waals surface area (Å²) in [6.07, 6.45) is 4.55. The summed E-state index contributed by atoms with van der Waals surface area (Å²) < 4.78 is 0. The Morgan fingerprint density at radius 1 is 1.50 bits per heavy atom. The molecule has 0 heterocycles. The molecule has 3 nitrogen and oxygen atoms in total. The van der Waals surface area contributed by atoms with Crippen molar-refractivity contribution in [3.63, 3.8) is 0 Å². The van der Waals surface area contributed by atoms with Gasteiger partial charge in [0, 0.05) is 11.3 Å². The zero-order valence-corrected chi connectivity index (χ0v) is 7.98. The van der Waals surface area contributed by atoms with Gasteiger partial charge < -0.3 is 11.5 Å². The molecule has 0 aromatic heterocycles. The predicted molar refractivity (Wildman–Crippen MR) is 51.9 cm³/mol. The molecule has 1 rings (SSSR count). The number of primary amides is 1. The fourth-order valence-electron chi connectivity index (χ4n) is 1.53. The second-order valence-corrected chi connectivity index (χ2v) is 4.61. The molecule has 0 aromatic carbocycles. The Morgan fingerprint density at radius 2 is 2.25 bits per heavy atom. The molecule has 1 amide bonds. The first-order chi connectivity index (χ1) is 5.68. The van der Waals surface area contributed by atoms with Crippen molar-refractivity contribution in [1.82, 2.24) is 0 Å². The van der Waals surface area contributed by atoms with Crippen LogP contribution in [0.2, 0.25) is 0 Å². The van der Waals surface area contributed by atoms with Crippen molar-refractivity contribution in [1.29, 1.82) is 0 Å². The van der Waals surface area contributed by atoms with Gasteiger partial charge in [0.2, 0.25) is 5.91 Å². The van der Waals surface area contributed by atoms with Crippen molar-refractivity contribution >= 4 is 17.7 Å². The molecule has 12 heavy (non-hydrogen) atoms. The van der Waals surface area contributed by atoms with Crippen molar-refractivity contribution in [3.8, 4) is 0 Å². The molecular formula is C8H16N2OS. The highest BCUT2D eigenvalue weighted by atomic mass is 32.2. The summed E-state index contributed by atoms with van der Waals surface area (Å²) in [5, 5.41) is 0.557. The van der Waals surface area contributed by atoms with E-state index in [1.165, 1.54) is 12.8 Å². The Hall–Kier alpha value is -0.220. The number of hydrogen-bond acceptors (Lipinski definition) is 3. The van der Waals surface area contributed by atoms with E-state index in [2.05, 4.69) is 0 Å². The zero-order valence-electron chi connectivity index (χ0n) is 7.16. The quantitative estimate of drug-likeness (QED) is 0.676. The van der Waals surface area contributed by atoms with Crippen LogP contribution in [-0.4, -0.2) is 23.0 Å². The minimum Gasteiger partial charge on any atom is -0.369 e. The molecule has 4 N–H and O–H groups in total. The average molecular weight is 188 g/mol. The number of amides is 1. The van der Waals surface area contributed by atoms with Crippen molar-refractivity contribution < 1.29 is 4.79 Å². The molecule has 0 aromatic rings. The lowest BCUT2D eigenvalue weighted by Crippen LogP contribution is -2.30. The lowest BCUT2D eigenvalue weighted by Gasteiger charge is -2.25. The van der Waals surface area contributed by atoms with E-state index in [-0.39, 0.29) is 5.91 Å². The van der Waals surface area contributed by atoms with Crippen molar-refractivity contribution in [2.45, 2.75) is 37.0 Å². The van der Waals surface area contributed by atoms with Crippen LogP contribution in [0, 0.1) is 0 Å². The van der Waals surface area contributed by atoms with Crippen LogP contribution in [0.3, 0.4) is 0 Å². The average Bonchev–Trinajstić information content (AvgIpc) is 2.01. The molecule has 4 heteroatoms. The van der Waals surface area contributed by atoms with E-state index in [1.807, 2.05) is 0 Å². The van der Waals surface area contributed by atoms with Crippen LogP contribution in [0.25, 0.3) is 0 Å². The van der Waals surface area contributed by atoms with Crippen LogP contribution in [0.15, 0.2) is 0 Å². The predicted octanol–water partition coefficient (Wildman–Crippen LogP) is 0.475. The standard InChI is InChI=1S/C8H16N2OS/c9-6-2-1-3-7(4-6)12-5-8(10)11/h6-7H,1-5,9H2,(H2,10,11). The maximum Gasteiger partial charge on any atom is 0.227 e. The minimum atomic E-state index is -0.223. The molecule has 1 fully saturated rings. The van der Waals surface area contributed by atoms with Crippen LogP contribution in [0.4, 0.5) is 0 Å². The normalized spacial score (nSPS) is 30.1. The second-order valence-electron chi connectivity index (χ2n) is 3.33. The van der Waals surface area contributed by atoms with E-state index in [9.17, 15) is 4.79 Å². The van der Waals surface area contributed by atoms with Gasteiger partial charge >= 0.3 is 0 Å². The van der Waals surface area contributed by atoms with Gasteiger partial charge in [-0.15, -0.1) is 11.8 Å². The topological polar surface area (TPSA) is 69.1 Å². The lowest BCUT2D eigenvalue weighted by atomic mass is 9.96. The molecule has 0 radical (unpaired) electrons.